The molecule has 0 radical (unpaired) electrons. The first-order valence-electron chi connectivity index (χ1n) is 5.67. The van der Waals surface area contributed by atoms with Gasteiger partial charge in [0.15, 0.2) is 0 Å². The molecule has 3 nitrogen and oxygen atoms in total. The van der Waals surface area contributed by atoms with Crippen LogP contribution in [0.15, 0.2) is 40.9 Å². The first kappa shape index (κ1) is 14.8. The summed E-state index contributed by atoms with van der Waals surface area (Å²) in [4.78, 5) is 13.7. The van der Waals surface area contributed by atoms with E-state index in [-0.39, 0.29) is 11.5 Å². The minimum atomic E-state index is -0.491. The normalized spacial score (nSPS) is 10.4. The molecule has 2 N–H and O–H groups in total. The Morgan fingerprint density at radius 3 is 2.65 bits per heavy atom. The molecule has 2 aromatic carbocycles. The highest BCUT2D eigenvalue weighted by molar-refractivity contribution is 9.10. The van der Waals surface area contributed by atoms with E-state index < -0.39 is 5.82 Å². The van der Waals surface area contributed by atoms with Crippen LogP contribution in [0.25, 0.3) is 0 Å². The summed E-state index contributed by atoms with van der Waals surface area (Å²) >= 11 is 9.06. The fourth-order valence-corrected chi connectivity index (χ4v) is 2.42. The highest BCUT2D eigenvalue weighted by atomic mass is 79.9. The van der Waals surface area contributed by atoms with Crippen LogP contribution in [0.4, 0.5) is 15.8 Å². The van der Waals surface area contributed by atoms with Crippen LogP contribution in [0.5, 0.6) is 0 Å². The summed E-state index contributed by atoms with van der Waals surface area (Å²) in [7, 11) is 1.56. The Balaban J connectivity index is 2.39. The van der Waals surface area contributed by atoms with Crippen molar-refractivity contribution in [3.8, 4) is 0 Å². The average Bonchev–Trinajstić information content (AvgIpc) is 2.38. The highest BCUT2D eigenvalue weighted by Crippen LogP contribution is 2.27. The van der Waals surface area contributed by atoms with Gasteiger partial charge in [-0.05, 0) is 36.4 Å². The van der Waals surface area contributed by atoms with Crippen LogP contribution in [-0.4, -0.2) is 13.0 Å². The maximum Gasteiger partial charge on any atom is 0.258 e. The lowest BCUT2D eigenvalue weighted by atomic mass is 10.1. The Bertz CT molecular complexity index is 658. The Morgan fingerprint density at radius 2 is 2.00 bits per heavy atom. The van der Waals surface area contributed by atoms with E-state index in [0.29, 0.717) is 20.9 Å². The van der Waals surface area contributed by atoms with Gasteiger partial charge in [-0.2, -0.15) is 0 Å². The number of benzene rings is 2. The topological polar surface area (TPSA) is 46.3 Å². The number of amides is 1. The fraction of sp³-hybridized carbons (Fsp3) is 0.0714. The van der Waals surface area contributed by atoms with Gasteiger partial charge in [0.25, 0.3) is 5.91 Å². The monoisotopic (exact) mass is 356 g/mol. The van der Waals surface area contributed by atoms with E-state index in [4.69, 9.17) is 17.3 Å². The van der Waals surface area contributed by atoms with Crippen molar-refractivity contribution in [2.24, 2.45) is 0 Å². The van der Waals surface area contributed by atoms with Crippen molar-refractivity contribution in [3.63, 3.8) is 0 Å². The minimum absolute atomic E-state index is 0.221. The van der Waals surface area contributed by atoms with Crippen LogP contribution in [-0.2, 0) is 0 Å². The van der Waals surface area contributed by atoms with Crippen molar-refractivity contribution >= 4 is 44.8 Å². The lowest BCUT2D eigenvalue weighted by Gasteiger charge is -2.19. The summed E-state index contributed by atoms with van der Waals surface area (Å²) in [6.07, 6.45) is 0. The van der Waals surface area contributed by atoms with Crippen molar-refractivity contribution < 1.29 is 9.18 Å². The zero-order chi connectivity index (χ0) is 14.9. The van der Waals surface area contributed by atoms with E-state index in [0.717, 1.165) is 0 Å². The third-order valence-electron chi connectivity index (χ3n) is 2.77. The van der Waals surface area contributed by atoms with E-state index in [1.54, 1.807) is 31.3 Å². The summed E-state index contributed by atoms with van der Waals surface area (Å²) < 4.78 is 13.8. The number of nitrogen functional groups attached to an aromatic ring is 1. The molecule has 0 fully saturated rings. The second-order valence-corrected chi connectivity index (χ2v) is 5.58. The molecule has 2 rings (SSSR count). The van der Waals surface area contributed by atoms with Gasteiger partial charge < -0.3 is 10.6 Å². The predicted octanol–water partition coefficient (Wildman–Crippen LogP) is 4.10. The molecule has 0 saturated heterocycles. The zero-order valence-corrected chi connectivity index (χ0v) is 12.9. The molecule has 0 unspecified atom stereocenters. The van der Waals surface area contributed by atoms with E-state index >= 15 is 0 Å². The first-order valence-corrected chi connectivity index (χ1v) is 6.85. The Morgan fingerprint density at radius 1 is 1.30 bits per heavy atom. The van der Waals surface area contributed by atoms with E-state index in [9.17, 15) is 9.18 Å². The molecule has 0 aliphatic carbocycles. The predicted molar refractivity (Wildman–Crippen MR) is 82.7 cm³/mol. The number of nitrogens with zero attached hydrogens (tertiary/aromatic N) is 1. The molecule has 0 heterocycles. The number of halogens is 3. The number of carbonyl (C=O) groups excluding carboxylic acids is 1. The van der Waals surface area contributed by atoms with Gasteiger partial charge in [-0.15, -0.1) is 0 Å². The summed E-state index contributed by atoms with van der Waals surface area (Å²) in [5, 5.41) is 0.467. The molecule has 20 heavy (non-hydrogen) atoms. The summed E-state index contributed by atoms with van der Waals surface area (Å²) in [5.74, 6) is -0.866. The number of nitrogens with two attached hydrogens (primary N) is 1. The molecule has 0 aliphatic rings. The highest BCUT2D eigenvalue weighted by Gasteiger charge is 2.17. The minimum Gasteiger partial charge on any atom is -0.397 e. The Kier molecular flexibility index (Phi) is 4.30. The van der Waals surface area contributed by atoms with Gasteiger partial charge in [-0.3, -0.25) is 4.79 Å². The van der Waals surface area contributed by atoms with Crippen molar-refractivity contribution in [2.45, 2.75) is 0 Å². The van der Waals surface area contributed by atoms with Crippen molar-refractivity contribution in [2.75, 3.05) is 17.7 Å². The summed E-state index contributed by atoms with van der Waals surface area (Å²) in [6.45, 7) is 0. The molecule has 0 bridgehead atoms. The fourth-order valence-electron chi connectivity index (χ4n) is 1.79. The van der Waals surface area contributed by atoms with Gasteiger partial charge in [0.05, 0.1) is 11.4 Å². The SMILES string of the molecule is CN(C(=O)c1cc(F)cc(Br)c1)c1cc(Cl)ccc1N. The van der Waals surface area contributed by atoms with Gasteiger partial charge in [0.2, 0.25) is 0 Å². The second kappa shape index (κ2) is 5.81. The van der Waals surface area contributed by atoms with Crippen LogP contribution < -0.4 is 10.6 Å². The Hall–Kier alpha value is -1.59. The number of hydrogen-bond acceptors (Lipinski definition) is 2. The summed E-state index contributed by atoms with van der Waals surface area (Å²) in [5.41, 5.74) is 6.94. The second-order valence-electron chi connectivity index (χ2n) is 4.23. The molecule has 0 aliphatic heterocycles. The van der Waals surface area contributed by atoms with Gasteiger partial charge in [0, 0.05) is 22.1 Å². The van der Waals surface area contributed by atoms with E-state index in [1.165, 1.54) is 17.0 Å². The molecule has 1 amide bonds. The summed E-state index contributed by atoms with van der Waals surface area (Å²) in [6, 6.07) is 8.83. The van der Waals surface area contributed by atoms with E-state index in [1.807, 2.05) is 0 Å². The van der Waals surface area contributed by atoms with Crippen LogP contribution in [0.2, 0.25) is 5.02 Å². The largest absolute Gasteiger partial charge is 0.397 e. The third kappa shape index (κ3) is 3.11. The van der Waals surface area contributed by atoms with Gasteiger partial charge in [-0.25, -0.2) is 4.39 Å². The number of hydrogen-bond donors (Lipinski definition) is 1. The molecule has 0 atom stereocenters. The van der Waals surface area contributed by atoms with Gasteiger partial charge in [-0.1, -0.05) is 27.5 Å². The van der Waals surface area contributed by atoms with Crippen LogP contribution in [0.1, 0.15) is 10.4 Å². The lowest BCUT2D eigenvalue weighted by Crippen LogP contribution is -2.27. The molecular weight excluding hydrogens is 347 g/mol. The maximum absolute atomic E-state index is 13.4. The number of rotatable bonds is 2. The van der Waals surface area contributed by atoms with Crippen LogP contribution >= 0.6 is 27.5 Å². The van der Waals surface area contributed by atoms with Crippen LogP contribution in [0.3, 0.4) is 0 Å². The standard InChI is InChI=1S/C14H11BrClFN2O/c1-19(13-7-10(16)2-3-12(13)18)14(20)8-4-9(15)6-11(17)5-8/h2-7H,18H2,1H3. The van der Waals surface area contributed by atoms with Crippen LogP contribution in [0, 0.1) is 5.82 Å². The quantitative estimate of drug-likeness (QED) is 0.823. The number of anilines is 2. The molecule has 6 heteroatoms. The van der Waals surface area contributed by atoms with Crippen molar-refractivity contribution in [1.82, 2.24) is 0 Å². The molecule has 104 valence electrons. The number of carbonyl (C=O) groups is 1. The van der Waals surface area contributed by atoms with Gasteiger partial charge in [0.1, 0.15) is 5.82 Å². The molecule has 0 aromatic heterocycles. The van der Waals surface area contributed by atoms with E-state index in [2.05, 4.69) is 15.9 Å². The maximum atomic E-state index is 13.4. The lowest BCUT2D eigenvalue weighted by molar-refractivity contribution is 0.0992. The average molecular weight is 358 g/mol. The van der Waals surface area contributed by atoms with Crippen molar-refractivity contribution in [3.05, 3.63) is 57.3 Å². The molecule has 0 spiro atoms. The smallest absolute Gasteiger partial charge is 0.258 e. The zero-order valence-electron chi connectivity index (χ0n) is 10.5. The third-order valence-corrected chi connectivity index (χ3v) is 3.46. The molecule has 0 saturated carbocycles. The molecular formula is C14H11BrClFN2O. The first-order chi connectivity index (χ1) is 9.38. The van der Waals surface area contributed by atoms with Gasteiger partial charge >= 0.3 is 0 Å². The Labute approximate surface area is 129 Å². The van der Waals surface area contributed by atoms with Crippen molar-refractivity contribution in [1.29, 1.82) is 0 Å². The molecule has 2 aromatic rings.